The van der Waals surface area contributed by atoms with E-state index in [0.717, 1.165) is 0 Å². The third-order valence-electron chi connectivity index (χ3n) is 3.72. The number of nitrogens with one attached hydrogen (secondary N) is 1. The Kier molecular flexibility index (Phi) is 6.26. The molecule has 1 aliphatic heterocycles. The Morgan fingerprint density at radius 3 is 2.87 bits per heavy atom. The topological polar surface area (TPSA) is 75.7 Å². The van der Waals surface area contributed by atoms with Crippen LogP contribution in [0.3, 0.4) is 0 Å². The van der Waals surface area contributed by atoms with Gasteiger partial charge < -0.3 is 10.1 Å². The van der Waals surface area contributed by atoms with Gasteiger partial charge in [0.2, 0.25) is 15.9 Å². The molecule has 0 spiro atoms. The van der Waals surface area contributed by atoms with Crippen molar-refractivity contribution in [1.82, 2.24) is 9.62 Å². The second kappa shape index (κ2) is 7.99. The Hall–Kier alpha value is -1.31. The van der Waals surface area contributed by atoms with Gasteiger partial charge in [-0.1, -0.05) is 23.7 Å². The van der Waals surface area contributed by atoms with Gasteiger partial charge in [0, 0.05) is 13.1 Å². The summed E-state index contributed by atoms with van der Waals surface area (Å²) >= 11 is 5.97. The van der Waals surface area contributed by atoms with Crippen LogP contribution in [0.2, 0.25) is 5.02 Å². The normalized spacial score (nSPS) is 19.3. The van der Waals surface area contributed by atoms with Crippen molar-refractivity contribution in [2.45, 2.75) is 12.8 Å². The zero-order chi connectivity index (χ0) is 16.9. The number of hydrogen-bond donors (Lipinski definition) is 1. The van der Waals surface area contributed by atoms with Crippen molar-refractivity contribution in [2.75, 3.05) is 32.5 Å². The van der Waals surface area contributed by atoms with Gasteiger partial charge >= 0.3 is 0 Å². The lowest BCUT2D eigenvalue weighted by Crippen LogP contribution is -2.45. The number of halogens is 1. The molecule has 1 N–H and O–H groups in total. The van der Waals surface area contributed by atoms with Gasteiger partial charge in [-0.25, -0.2) is 12.7 Å². The van der Waals surface area contributed by atoms with Gasteiger partial charge in [-0.3, -0.25) is 4.79 Å². The van der Waals surface area contributed by atoms with E-state index in [-0.39, 0.29) is 18.4 Å². The highest BCUT2D eigenvalue weighted by molar-refractivity contribution is 7.88. The maximum atomic E-state index is 12.1. The fourth-order valence-corrected chi connectivity index (χ4v) is 3.60. The first kappa shape index (κ1) is 18.0. The Morgan fingerprint density at radius 1 is 1.43 bits per heavy atom. The van der Waals surface area contributed by atoms with Crippen LogP contribution in [0.15, 0.2) is 24.3 Å². The van der Waals surface area contributed by atoms with Crippen LogP contribution in [0.25, 0.3) is 0 Å². The summed E-state index contributed by atoms with van der Waals surface area (Å²) in [5, 5.41) is 3.31. The van der Waals surface area contributed by atoms with E-state index in [2.05, 4.69) is 5.32 Å². The third-order valence-corrected chi connectivity index (χ3v) is 5.30. The summed E-state index contributed by atoms with van der Waals surface area (Å²) in [6.45, 7) is 1.38. The number of piperidine rings is 1. The van der Waals surface area contributed by atoms with Crippen molar-refractivity contribution in [3.8, 4) is 5.75 Å². The van der Waals surface area contributed by atoms with Gasteiger partial charge in [0.1, 0.15) is 12.4 Å². The molecule has 8 heteroatoms. The van der Waals surface area contributed by atoms with Crippen LogP contribution in [0.1, 0.15) is 12.8 Å². The molecule has 0 aliphatic carbocycles. The van der Waals surface area contributed by atoms with Crippen molar-refractivity contribution >= 4 is 27.5 Å². The molecule has 1 saturated heterocycles. The largest absolute Gasteiger partial charge is 0.490 e. The molecule has 0 bridgehead atoms. The number of ether oxygens (including phenoxy) is 1. The van der Waals surface area contributed by atoms with Crippen LogP contribution in [-0.2, 0) is 14.8 Å². The lowest BCUT2D eigenvalue weighted by atomic mass is 9.99. The van der Waals surface area contributed by atoms with Crippen molar-refractivity contribution < 1.29 is 17.9 Å². The molecule has 1 aromatic carbocycles. The van der Waals surface area contributed by atoms with Gasteiger partial charge in [0.15, 0.2) is 0 Å². The molecule has 6 nitrogen and oxygen atoms in total. The first-order chi connectivity index (χ1) is 10.9. The molecule has 2 rings (SSSR count). The molecular formula is C15H21ClN2O4S. The van der Waals surface area contributed by atoms with Crippen LogP contribution in [-0.4, -0.2) is 51.1 Å². The van der Waals surface area contributed by atoms with Crippen LogP contribution >= 0.6 is 11.6 Å². The van der Waals surface area contributed by atoms with E-state index >= 15 is 0 Å². The Bertz CT molecular complexity index is 651. The van der Waals surface area contributed by atoms with Crippen molar-refractivity contribution in [3.05, 3.63) is 29.3 Å². The standard InChI is InChI=1S/C15H21ClN2O4S/c1-23(20,21)18-9-4-5-12(11-18)15(19)17-8-10-22-14-7-3-2-6-13(14)16/h2-3,6-7,12H,4-5,8-11H2,1H3,(H,17,19)/t12-/m0/s1. The Morgan fingerprint density at radius 2 is 2.17 bits per heavy atom. The molecule has 0 radical (unpaired) electrons. The maximum Gasteiger partial charge on any atom is 0.224 e. The number of carbonyl (C=O) groups is 1. The predicted octanol–water partition coefficient (Wildman–Crippen LogP) is 1.51. The highest BCUT2D eigenvalue weighted by Gasteiger charge is 2.29. The molecular weight excluding hydrogens is 340 g/mol. The zero-order valence-electron chi connectivity index (χ0n) is 13.0. The monoisotopic (exact) mass is 360 g/mol. The molecule has 128 valence electrons. The highest BCUT2D eigenvalue weighted by Crippen LogP contribution is 2.23. The average Bonchev–Trinajstić information content (AvgIpc) is 2.52. The lowest BCUT2D eigenvalue weighted by molar-refractivity contribution is -0.126. The molecule has 0 aromatic heterocycles. The summed E-state index contributed by atoms with van der Waals surface area (Å²) in [5.41, 5.74) is 0. The number of nitrogens with zero attached hydrogens (tertiary/aromatic N) is 1. The number of sulfonamides is 1. The molecule has 1 heterocycles. The van der Waals surface area contributed by atoms with Crippen molar-refractivity contribution in [2.24, 2.45) is 5.92 Å². The molecule has 0 saturated carbocycles. The quantitative estimate of drug-likeness (QED) is 0.780. The lowest BCUT2D eigenvalue weighted by Gasteiger charge is -2.30. The average molecular weight is 361 g/mol. The van der Waals surface area contributed by atoms with Crippen molar-refractivity contribution in [3.63, 3.8) is 0 Å². The second-order valence-electron chi connectivity index (χ2n) is 5.53. The van der Waals surface area contributed by atoms with E-state index in [0.29, 0.717) is 43.3 Å². The number of para-hydroxylation sites is 1. The summed E-state index contributed by atoms with van der Waals surface area (Å²) in [7, 11) is -3.24. The van der Waals surface area contributed by atoms with Gasteiger partial charge in [-0.15, -0.1) is 0 Å². The molecule has 1 aliphatic rings. The van der Waals surface area contributed by atoms with Crippen LogP contribution in [0, 0.1) is 5.92 Å². The first-order valence-corrected chi connectivity index (χ1v) is 9.70. The Balaban J connectivity index is 1.75. The molecule has 1 amide bonds. The minimum absolute atomic E-state index is 0.138. The molecule has 1 atom stereocenters. The van der Waals surface area contributed by atoms with Gasteiger partial charge in [0.05, 0.1) is 23.7 Å². The summed E-state index contributed by atoms with van der Waals surface area (Å²) in [6.07, 6.45) is 2.56. The van der Waals surface area contributed by atoms with Gasteiger partial charge in [0.25, 0.3) is 0 Å². The third kappa shape index (κ3) is 5.37. The number of amides is 1. The van der Waals surface area contributed by atoms with E-state index < -0.39 is 10.0 Å². The summed E-state index contributed by atoms with van der Waals surface area (Å²) < 4.78 is 30.0. The summed E-state index contributed by atoms with van der Waals surface area (Å²) in [6, 6.07) is 7.13. The number of carbonyl (C=O) groups excluding carboxylic acids is 1. The molecule has 1 aromatic rings. The van der Waals surface area contributed by atoms with E-state index in [1.165, 1.54) is 10.6 Å². The smallest absolute Gasteiger partial charge is 0.224 e. The van der Waals surface area contributed by atoms with Crippen molar-refractivity contribution in [1.29, 1.82) is 0 Å². The van der Waals surface area contributed by atoms with E-state index in [9.17, 15) is 13.2 Å². The highest BCUT2D eigenvalue weighted by atomic mass is 35.5. The predicted molar refractivity (Wildman–Crippen MR) is 89.1 cm³/mol. The fourth-order valence-electron chi connectivity index (χ4n) is 2.50. The summed E-state index contributed by atoms with van der Waals surface area (Å²) in [5.74, 6) is 0.129. The fraction of sp³-hybridized carbons (Fsp3) is 0.533. The SMILES string of the molecule is CS(=O)(=O)N1CCC[C@H](C(=O)NCCOc2ccccc2Cl)C1. The van der Waals surface area contributed by atoms with E-state index in [4.69, 9.17) is 16.3 Å². The molecule has 23 heavy (non-hydrogen) atoms. The number of rotatable bonds is 6. The second-order valence-corrected chi connectivity index (χ2v) is 7.92. The number of benzene rings is 1. The molecule has 0 unspecified atom stereocenters. The Labute approximate surface area is 141 Å². The van der Waals surface area contributed by atoms with Crippen LogP contribution in [0.4, 0.5) is 0 Å². The molecule has 1 fully saturated rings. The number of hydrogen-bond acceptors (Lipinski definition) is 4. The zero-order valence-corrected chi connectivity index (χ0v) is 14.6. The van der Waals surface area contributed by atoms with Crippen LogP contribution < -0.4 is 10.1 Å². The maximum absolute atomic E-state index is 12.1. The minimum Gasteiger partial charge on any atom is -0.490 e. The van der Waals surface area contributed by atoms with Gasteiger partial charge in [-0.2, -0.15) is 0 Å². The minimum atomic E-state index is -3.24. The van der Waals surface area contributed by atoms with E-state index in [1.807, 2.05) is 12.1 Å². The van der Waals surface area contributed by atoms with Gasteiger partial charge in [-0.05, 0) is 25.0 Å². The summed E-state index contributed by atoms with van der Waals surface area (Å²) in [4.78, 5) is 12.1. The van der Waals surface area contributed by atoms with E-state index in [1.54, 1.807) is 12.1 Å². The van der Waals surface area contributed by atoms with Crippen LogP contribution in [0.5, 0.6) is 5.75 Å². The first-order valence-electron chi connectivity index (χ1n) is 7.48.